The van der Waals surface area contributed by atoms with Gasteiger partial charge in [0.15, 0.2) is 5.43 Å². The zero-order valence-electron chi connectivity index (χ0n) is 14.6. The van der Waals surface area contributed by atoms with E-state index in [1.54, 1.807) is 0 Å². The minimum absolute atomic E-state index is 0.143. The highest BCUT2D eigenvalue weighted by Crippen LogP contribution is 2.13. The highest BCUT2D eigenvalue weighted by molar-refractivity contribution is 5.79. The Balaban J connectivity index is 1.84. The molecule has 0 aliphatic heterocycles. The van der Waals surface area contributed by atoms with Crippen LogP contribution < -0.4 is 5.43 Å². The zero-order chi connectivity index (χ0) is 16.5. The second kappa shape index (κ2) is 9.34. The minimum atomic E-state index is 0.143. The van der Waals surface area contributed by atoms with Crippen LogP contribution in [0.4, 0.5) is 0 Å². The van der Waals surface area contributed by atoms with Crippen molar-refractivity contribution in [1.29, 1.82) is 0 Å². The summed E-state index contributed by atoms with van der Waals surface area (Å²) in [5.74, 6) is 0. The summed E-state index contributed by atoms with van der Waals surface area (Å²) in [6.07, 6.45) is 14.2. The first kappa shape index (κ1) is 17.5. The zero-order valence-corrected chi connectivity index (χ0v) is 14.6. The number of hydrogen-bond donors (Lipinski definition) is 0. The third-order valence-electron chi connectivity index (χ3n) is 4.45. The summed E-state index contributed by atoms with van der Waals surface area (Å²) in [4.78, 5) is 12.2. The number of benzene rings is 1. The molecule has 0 bridgehead atoms. The van der Waals surface area contributed by atoms with Crippen molar-refractivity contribution in [3.8, 4) is 0 Å². The lowest BCUT2D eigenvalue weighted by Gasteiger charge is -2.12. The molecule has 2 aromatic rings. The van der Waals surface area contributed by atoms with E-state index >= 15 is 0 Å². The summed E-state index contributed by atoms with van der Waals surface area (Å²) in [6.45, 7) is 2.24. The van der Waals surface area contributed by atoms with E-state index in [4.69, 9.17) is 0 Å². The molecule has 0 saturated heterocycles. The van der Waals surface area contributed by atoms with Crippen LogP contribution in [0.1, 0.15) is 57.6 Å². The Kier molecular flexibility index (Phi) is 7.12. The second-order valence-corrected chi connectivity index (χ2v) is 6.29. The van der Waals surface area contributed by atoms with Gasteiger partial charge in [-0.15, -0.1) is 0 Å². The van der Waals surface area contributed by atoms with Crippen LogP contribution in [-0.2, 0) is 13.5 Å². The molecule has 1 aromatic carbocycles. The molecule has 0 spiro atoms. The van der Waals surface area contributed by atoms with Gasteiger partial charge in [0.2, 0.25) is 0 Å². The molecule has 1 aromatic heterocycles. The maximum absolute atomic E-state index is 12.2. The number of unbranched alkanes of at least 4 members (excludes halogenated alkanes) is 5. The number of pyridine rings is 1. The predicted molar refractivity (Wildman–Crippen MR) is 100 cm³/mol. The molecule has 0 atom stereocenters. The summed E-state index contributed by atoms with van der Waals surface area (Å²) < 4.78 is 2.16. The van der Waals surface area contributed by atoms with Crippen molar-refractivity contribution in [2.24, 2.45) is 7.05 Å². The molecule has 0 fully saturated rings. The molecule has 0 radical (unpaired) electrons. The lowest BCUT2D eigenvalue weighted by Crippen LogP contribution is -2.11. The van der Waals surface area contributed by atoms with Crippen molar-refractivity contribution >= 4 is 10.9 Å². The van der Waals surface area contributed by atoms with Gasteiger partial charge in [0.1, 0.15) is 0 Å². The van der Waals surface area contributed by atoms with E-state index in [0.717, 1.165) is 35.9 Å². The molecule has 0 amide bonds. The predicted octanol–water partition coefficient (Wildman–Crippen LogP) is 5.39. The fourth-order valence-corrected chi connectivity index (χ4v) is 3.01. The quantitative estimate of drug-likeness (QED) is 0.449. The van der Waals surface area contributed by atoms with Gasteiger partial charge in [-0.2, -0.15) is 0 Å². The van der Waals surface area contributed by atoms with E-state index in [9.17, 15) is 4.79 Å². The summed E-state index contributed by atoms with van der Waals surface area (Å²) in [5, 5.41) is 0.814. The molecule has 124 valence electrons. The van der Waals surface area contributed by atoms with Gasteiger partial charge in [-0.25, -0.2) is 0 Å². The number of hydrogen-bond acceptors (Lipinski definition) is 1. The topological polar surface area (TPSA) is 22.0 Å². The molecule has 0 aliphatic rings. The Morgan fingerprint density at radius 2 is 1.70 bits per heavy atom. The average molecular weight is 311 g/mol. The Bertz CT molecular complexity index is 697. The Morgan fingerprint density at radius 3 is 2.43 bits per heavy atom. The van der Waals surface area contributed by atoms with Crippen molar-refractivity contribution in [1.82, 2.24) is 4.57 Å². The SMILES string of the molecule is CCCCC/C=C\CCCCc1cc(=O)c2ccccc2n1C. The summed E-state index contributed by atoms with van der Waals surface area (Å²) in [5.41, 5.74) is 2.32. The van der Waals surface area contributed by atoms with E-state index in [-0.39, 0.29) is 5.43 Å². The molecule has 1 heterocycles. The van der Waals surface area contributed by atoms with Crippen molar-refractivity contribution in [3.63, 3.8) is 0 Å². The Labute approximate surface area is 139 Å². The van der Waals surface area contributed by atoms with E-state index in [2.05, 4.69) is 30.7 Å². The van der Waals surface area contributed by atoms with E-state index in [0.29, 0.717) is 0 Å². The van der Waals surface area contributed by atoms with Gasteiger partial charge in [0.25, 0.3) is 0 Å². The van der Waals surface area contributed by atoms with Crippen LogP contribution in [0.5, 0.6) is 0 Å². The normalized spacial score (nSPS) is 11.6. The number of aryl methyl sites for hydroxylation is 2. The maximum atomic E-state index is 12.2. The van der Waals surface area contributed by atoms with Crippen LogP contribution in [0.25, 0.3) is 10.9 Å². The summed E-state index contributed by atoms with van der Waals surface area (Å²) >= 11 is 0. The minimum Gasteiger partial charge on any atom is -0.347 e. The molecule has 23 heavy (non-hydrogen) atoms. The van der Waals surface area contributed by atoms with Gasteiger partial charge >= 0.3 is 0 Å². The fraction of sp³-hybridized carbons (Fsp3) is 0.476. The highest BCUT2D eigenvalue weighted by atomic mass is 16.1. The lowest BCUT2D eigenvalue weighted by atomic mass is 10.1. The number of aromatic nitrogens is 1. The molecule has 0 saturated carbocycles. The number of allylic oxidation sites excluding steroid dienone is 2. The molecule has 0 aliphatic carbocycles. The molecule has 2 rings (SSSR count). The van der Waals surface area contributed by atoms with Gasteiger partial charge in [-0.1, -0.05) is 44.1 Å². The standard InChI is InChI=1S/C21H29NO/c1-3-4-5-6-7-8-9-10-11-14-18-17-21(23)19-15-12-13-16-20(19)22(18)2/h7-8,12-13,15-17H,3-6,9-11,14H2,1-2H3/b8-7-. The maximum Gasteiger partial charge on any atom is 0.189 e. The molecule has 2 nitrogen and oxygen atoms in total. The van der Waals surface area contributed by atoms with E-state index in [1.807, 2.05) is 30.3 Å². The third-order valence-corrected chi connectivity index (χ3v) is 4.45. The number of fused-ring (bicyclic) bond motifs is 1. The second-order valence-electron chi connectivity index (χ2n) is 6.29. The monoisotopic (exact) mass is 311 g/mol. The lowest BCUT2D eigenvalue weighted by molar-refractivity contribution is 0.701. The van der Waals surface area contributed by atoms with Crippen LogP contribution >= 0.6 is 0 Å². The van der Waals surface area contributed by atoms with Gasteiger partial charge in [0, 0.05) is 24.2 Å². The van der Waals surface area contributed by atoms with Crippen LogP contribution in [0.3, 0.4) is 0 Å². The number of nitrogens with zero attached hydrogens (tertiary/aromatic N) is 1. The molecular weight excluding hydrogens is 282 g/mol. The molecular formula is C21H29NO. The van der Waals surface area contributed by atoms with Gasteiger partial charge in [-0.3, -0.25) is 4.79 Å². The van der Waals surface area contributed by atoms with Crippen molar-refractivity contribution < 1.29 is 0 Å². The first-order valence-electron chi connectivity index (χ1n) is 8.96. The van der Waals surface area contributed by atoms with Crippen LogP contribution in [0.15, 0.2) is 47.3 Å². The Hall–Kier alpha value is -1.83. The van der Waals surface area contributed by atoms with Gasteiger partial charge in [0.05, 0.1) is 5.52 Å². The van der Waals surface area contributed by atoms with Crippen LogP contribution in [0.2, 0.25) is 0 Å². The average Bonchev–Trinajstić information content (AvgIpc) is 2.57. The number of rotatable bonds is 9. The van der Waals surface area contributed by atoms with E-state index in [1.165, 1.54) is 32.1 Å². The Morgan fingerprint density at radius 1 is 1.00 bits per heavy atom. The molecule has 2 heteroatoms. The largest absolute Gasteiger partial charge is 0.347 e. The van der Waals surface area contributed by atoms with Crippen molar-refractivity contribution in [3.05, 3.63) is 58.4 Å². The number of para-hydroxylation sites is 1. The first-order valence-corrected chi connectivity index (χ1v) is 8.96. The van der Waals surface area contributed by atoms with Crippen LogP contribution in [-0.4, -0.2) is 4.57 Å². The smallest absolute Gasteiger partial charge is 0.189 e. The van der Waals surface area contributed by atoms with Gasteiger partial charge in [-0.05, 0) is 50.7 Å². The van der Waals surface area contributed by atoms with Crippen molar-refractivity contribution in [2.75, 3.05) is 0 Å². The summed E-state index contributed by atoms with van der Waals surface area (Å²) in [7, 11) is 2.06. The first-order chi connectivity index (χ1) is 11.2. The highest BCUT2D eigenvalue weighted by Gasteiger charge is 2.05. The summed E-state index contributed by atoms with van der Waals surface area (Å²) in [6, 6.07) is 9.66. The van der Waals surface area contributed by atoms with Crippen LogP contribution in [0, 0.1) is 0 Å². The van der Waals surface area contributed by atoms with Crippen molar-refractivity contribution in [2.45, 2.75) is 58.3 Å². The van der Waals surface area contributed by atoms with E-state index < -0.39 is 0 Å². The fourth-order valence-electron chi connectivity index (χ4n) is 3.01. The molecule has 0 unspecified atom stereocenters. The molecule has 0 N–H and O–H groups in total. The van der Waals surface area contributed by atoms with Gasteiger partial charge < -0.3 is 4.57 Å². The third kappa shape index (κ3) is 5.09.